The standard InChI is InChI=1S/C25H31N3O3/c1-15(2)30-19-9-5-17(6-10-19)21-14-24(23(26)13-22(21)25(27)29)28-18-7-11-20(12-8-18)31-16(3)4/h5-7,9-16,18,28H,8,26H2,1-4H3,(H2,27,29). The molecule has 0 saturated carbocycles. The fourth-order valence-electron chi connectivity index (χ4n) is 3.44. The Hall–Kier alpha value is -3.41. The predicted molar refractivity (Wildman–Crippen MR) is 126 cm³/mol. The van der Waals surface area contributed by atoms with Gasteiger partial charge in [-0.05, 0) is 81.7 Å². The molecule has 6 heteroatoms. The summed E-state index contributed by atoms with van der Waals surface area (Å²) in [4.78, 5) is 12.1. The van der Waals surface area contributed by atoms with Crippen molar-refractivity contribution in [3.8, 4) is 16.9 Å². The monoisotopic (exact) mass is 421 g/mol. The molecule has 1 aliphatic rings. The van der Waals surface area contributed by atoms with E-state index in [1.165, 1.54) is 0 Å². The van der Waals surface area contributed by atoms with Crippen LogP contribution in [0.4, 0.5) is 11.4 Å². The SMILES string of the molecule is CC(C)OC1=CCC(Nc2cc(-c3ccc(OC(C)C)cc3)c(C(N)=O)cc2N)C=C1. The van der Waals surface area contributed by atoms with E-state index < -0.39 is 5.91 Å². The number of allylic oxidation sites excluding steroid dienone is 1. The lowest BCUT2D eigenvalue weighted by Gasteiger charge is -2.22. The van der Waals surface area contributed by atoms with Crippen LogP contribution in [0.15, 0.2) is 60.4 Å². The van der Waals surface area contributed by atoms with E-state index >= 15 is 0 Å². The zero-order chi connectivity index (χ0) is 22.5. The molecule has 2 aromatic carbocycles. The van der Waals surface area contributed by atoms with Gasteiger partial charge in [0.25, 0.3) is 0 Å². The third kappa shape index (κ3) is 5.81. The number of ether oxygens (including phenoxy) is 2. The van der Waals surface area contributed by atoms with Crippen molar-refractivity contribution in [2.24, 2.45) is 5.73 Å². The molecule has 5 N–H and O–H groups in total. The number of amides is 1. The summed E-state index contributed by atoms with van der Waals surface area (Å²) in [5.74, 6) is 1.12. The molecule has 0 saturated heterocycles. The van der Waals surface area contributed by atoms with Crippen LogP contribution in [0.2, 0.25) is 0 Å². The quantitative estimate of drug-likeness (QED) is 0.528. The maximum absolute atomic E-state index is 12.1. The maximum Gasteiger partial charge on any atom is 0.249 e. The van der Waals surface area contributed by atoms with E-state index in [9.17, 15) is 4.79 Å². The van der Waals surface area contributed by atoms with Crippen molar-refractivity contribution < 1.29 is 14.3 Å². The second kappa shape index (κ2) is 9.60. The average molecular weight is 422 g/mol. The van der Waals surface area contributed by atoms with Gasteiger partial charge in [-0.15, -0.1) is 0 Å². The molecule has 3 rings (SSSR count). The molecule has 0 spiro atoms. The summed E-state index contributed by atoms with van der Waals surface area (Å²) in [5, 5.41) is 3.45. The van der Waals surface area contributed by atoms with E-state index in [1.807, 2.05) is 64.1 Å². The number of nitrogens with one attached hydrogen (secondary N) is 1. The zero-order valence-electron chi connectivity index (χ0n) is 18.5. The van der Waals surface area contributed by atoms with Gasteiger partial charge in [0.15, 0.2) is 0 Å². The van der Waals surface area contributed by atoms with Gasteiger partial charge < -0.3 is 26.3 Å². The number of carbonyl (C=O) groups is 1. The molecule has 1 unspecified atom stereocenters. The Labute approximate surface area is 183 Å². The number of carbonyl (C=O) groups excluding carboxylic acids is 1. The summed E-state index contributed by atoms with van der Waals surface area (Å²) in [7, 11) is 0. The molecule has 0 radical (unpaired) electrons. The highest BCUT2D eigenvalue weighted by Gasteiger charge is 2.17. The van der Waals surface area contributed by atoms with Crippen LogP contribution in [0, 0.1) is 0 Å². The lowest BCUT2D eigenvalue weighted by Crippen LogP contribution is -2.20. The minimum Gasteiger partial charge on any atom is -0.491 e. The van der Waals surface area contributed by atoms with Gasteiger partial charge in [0, 0.05) is 11.6 Å². The van der Waals surface area contributed by atoms with Crippen molar-refractivity contribution in [1.29, 1.82) is 0 Å². The number of nitrogens with two attached hydrogens (primary N) is 2. The lowest BCUT2D eigenvalue weighted by atomic mass is 9.97. The van der Waals surface area contributed by atoms with E-state index in [0.29, 0.717) is 11.3 Å². The number of hydrogen-bond acceptors (Lipinski definition) is 5. The first-order valence-corrected chi connectivity index (χ1v) is 10.5. The molecule has 0 aromatic heterocycles. The van der Waals surface area contributed by atoms with Gasteiger partial charge in [-0.2, -0.15) is 0 Å². The number of rotatable bonds is 8. The molecular weight excluding hydrogens is 390 g/mol. The van der Waals surface area contributed by atoms with Crippen molar-refractivity contribution in [3.05, 3.63) is 65.9 Å². The maximum atomic E-state index is 12.1. The molecule has 164 valence electrons. The van der Waals surface area contributed by atoms with E-state index in [-0.39, 0.29) is 18.2 Å². The van der Waals surface area contributed by atoms with Crippen LogP contribution < -0.4 is 21.5 Å². The minimum absolute atomic E-state index is 0.0657. The number of hydrogen-bond donors (Lipinski definition) is 3. The van der Waals surface area contributed by atoms with Gasteiger partial charge in [0.1, 0.15) is 11.5 Å². The van der Waals surface area contributed by atoms with E-state index in [2.05, 4.69) is 17.5 Å². The highest BCUT2D eigenvalue weighted by atomic mass is 16.5. The Morgan fingerprint density at radius 2 is 1.74 bits per heavy atom. The van der Waals surface area contributed by atoms with Crippen LogP contribution in [0.25, 0.3) is 11.1 Å². The first-order valence-electron chi connectivity index (χ1n) is 10.5. The molecule has 0 bridgehead atoms. The molecule has 1 amide bonds. The summed E-state index contributed by atoms with van der Waals surface area (Å²) >= 11 is 0. The van der Waals surface area contributed by atoms with E-state index in [1.54, 1.807) is 6.07 Å². The number of nitrogen functional groups attached to an aromatic ring is 1. The molecule has 0 heterocycles. The first kappa shape index (κ1) is 22.3. The Morgan fingerprint density at radius 3 is 2.29 bits per heavy atom. The summed E-state index contributed by atoms with van der Waals surface area (Å²) in [5.41, 5.74) is 15.1. The van der Waals surface area contributed by atoms with Crippen LogP contribution in [0.1, 0.15) is 44.5 Å². The molecule has 2 aromatic rings. The summed E-state index contributed by atoms with van der Waals surface area (Å²) in [6.45, 7) is 7.96. The van der Waals surface area contributed by atoms with Gasteiger partial charge in [-0.25, -0.2) is 0 Å². The van der Waals surface area contributed by atoms with Crippen molar-refractivity contribution in [1.82, 2.24) is 0 Å². The van der Waals surface area contributed by atoms with Crippen molar-refractivity contribution >= 4 is 17.3 Å². The fourth-order valence-corrected chi connectivity index (χ4v) is 3.44. The third-order valence-electron chi connectivity index (χ3n) is 4.77. The predicted octanol–water partition coefficient (Wildman–Crippen LogP) is 4.87. The molecule has 1 aliphatic carbocycles. The zero-order valence-corrected chi connectivity index (χ0v) is 18.5. The smallest absolute Gasteiger partial charge is 0.249 e. The van der Waals surface area contributed by atoms with Crippen LogP contribution in [0.5, 0.6) is 5.75 Å². The van der Waals surface area contributed by atoms with Gasteiger partial charge in [-0.1, -0.05) is 18.2 Å². The van der Waals surface area contributed by atoms with E-state index in [0.717, 1.165) is 34.7 Å². The van der Waals surface area contributed by atoms with Gasteiger partial charge in [0.2, 0.25) is 5.91 Å². The summed E-state index contributed by atoms with van der Waals surface area (Å²) < 4.78 is 11.4. The molecule has 0 fully saturated rings. The largest absolute Gasteiger partial charge is 0.491 e. The number of benzene rings is 2. The Kier molecular flexibility index (Phi) is 6.90. The Balaban J connectivity index is 1.86. The molecule has 6 nitrogen and oxygen atoms in total. The number of anilines is 2. The van der Waals surface area contributed by atoms with Gasteiger partial charge in [0.05, 0.1) is 23.6 Å². The van der Waals surface area contributed by atoms with E-state index in [4.69, 9.17) is 20.9 Å². The minimum atomic E-state index is -0.522. The molecular formula is C25H31N3O3. The second-order valence-corrected chi connectivity index (χ2v) is 8.16. The van der Waals surface area contributed by atoms with Crippen LogP contribution in [-0.2, 0) is 4.74 Å². The fraction of sp³-hybridized carbons (Fsp3) is 0.320. The highest BCUT2D eigenvalue weighted by molar-refractivity contribution is 6.02. The normalized spacial score (nSPS) is 15.7. The van der Waals surface area contributed by atoms with Gasteiger partial charge in [-0.3, -0.25) is 4.79 Å². The molecule has 1 atom stereocenters. The van der Waals surface area contributed by atoms with Crippen molar-refractivity contribution in [2.75, 3.05) is 11.1 Å². The van der Waals surface area contributed by atoms with Crippen molar-refractivity contribution in [3.63, 3.8) is 0 Å². The molecule has 31 heavy (non-hydrogen) atoms. The Morgan fingerprint density at radius 1 is 1.06 bits per heavy atom. The van der Waals surface area contributed by atoms with Crippen LogP contribution in [0.3, 0.4) is 0 Å². The van der Waals surface area contributed by atoms with Crippen LogP contribution in [-0.4, -0.2) is 24.2 Å². The Bertz CT molecular complexity index is 992. The second-order valence-electron chi connectivity index (χ2n) is 8.16. The third-order valence-corrected chi connectivity index (χ3v) is 4.77. The lowest BCUT2D eigenvalue weighted by molar-refractivity contribution is 0.100. The summed E-state index contributed by atoms with van der Waals surface area (Å²) in [6, 6.07) is 11.2. The average Bonchev–Trinajstić information content (AvgIpc) is 2.70. The van der Waals surface area contributed by atoms with Crippen LogP contribution >= 0.6 is 0 Å². The first-order chi connectivity index (χ1) is 14.7. The topological polar surface area (TPSA) is 99.6 Å². The number of primary amides is 1. The summed E-state index contributed by atoms with van der Waals surface area (Å²) in [6.07, 6.45) is 7.06. The highest BCUT2D eigenvalue weighted by Crippen LogP contribution is 2.33. The van der Waals surface area contributed by atoms with Crippen molar-refractivity contribution in [2.45, 2.75) is 52.4 Å². The van der Waals surface area contributed by atoms with Gasteiger partial charge >= 0.3 is 0 Å². The molecule has 0 aliphatic heterocycles.